The van der Waals surface area contributed by atoms with Crippen molar-refractivity contribution in [2.45, 2.75) is 25.9 Å². The van der Waals surface area contributed by atoms with Gasteiger partial charge < -0.3 is 15.7 Å². The third-order valence-electron chi connectivity index (χ3n) is 2.67. The quantitative estimate of drug-likeness (QED) is 0.614. The number of aliphatic hydroxyl groups excluding tert-OH is 1. The van der Waals surface area contributed by atoms with Crippen molar-refractivity contribution in [2.24, 2.45) is 11.7 Å². The Kier molecular flexibility index (Phi) is 3.69. The zero-order valence-electron chi connectivity index (χ0n) is 8.07. The second-order valence-electron chi connectivity index (χ2n) is 3.69. The van der Waals surface area contributed by atoms with E-state index >= 15 is 0 Å². The van der Waals surface area contributed by atoms with Crippen LogP contribution in [0.5, 0.6) is 0 Å². The summed E-state index contributed by atoms with van der Waals surface area (Å²) in [5.41, 5.74) is 5.27. The maximum absolute atomic E-state index is 11.3. The van der Waals surface area contributed by atoms with Gasteiger partial charge in [0.05, 0.1) is 12.6 Å². The molecule has 1 aliphatic heterocycles. The number of nitrogens with zero attached hydrogens (tertiary/aromatic N) is 1. The first kappa shape index (κ1) is 10.5. The molecule has 3 N–H and O–H groups in total. The fraction of sp³-hybridized carbons (Fsp3) is 0.889. The molecule has 0 radical (unpaired) electrons. The van der Waals surface area contributed by atoms with Crippen molar-refractivity contribution in [3.05, 3.63) is 0 Å². The van der Waals surface area contributed by atoms with Gasteiger partial charge >= 0.3 is 0 Å². The highest BCUT2D eigenvalue weighted by Crippen LogP contribution is 2.19. The first-order chi connectivity index (χ1) is 6.15. The van der Waals surface area contributed by atoms with Crippen molar-refractivity contribution < 1.29 is 9.90 Å². The van der Waals surface area contributed by atoms with Gasteiger partial charge in [0.25, 0.3) is 0 Å². The monoisotopic (exact) mass is 186 g/mol. The molecule has 76 valence electrons. The minimum atomic E-state index is -0.326. The number of carbonyl (C=O) groups is 1. The summed E-state index contributed by atoms with van der Waals surface area (Å²) in [5, 5.41) is 9.38. The van der Waals surface area contributed by atoms with Crippen LogP contribution in [-0.2, 0) is 4.79 Å². The van der Waals surface area contributed by atoms with Crippen LogP contribution >= 0.6 is 0 Å². The number of amides is 1. The largest absolute Gasteiger partial charge is 0.393 e. The summed E-state index contributed by atoms with van der Waals surface area (Å²) in [5.74, 6) is 0.217. The summed E-state index contributed by atoms with van der Waals surface area (Å²) in [4.78, 5) is 13.0. The molecule has 0 aromatic heterocycles. The van der Waals surface area contributed by atoms with Gasteiger partial charge in [-0.1, -0.05) is 0 Å². The lowest BCUT2D eigenvalue weighted by atomic mass is 9.93. The van der Waals surface area contributed by atoms with E-state index in [0.29, 0.717) is 6.54 Å². The van der Waals surface area contributed by atoms with E-state index < -0.39 is 0 Å². The van der Waals surface area contributed by atoms with E-state index in [9.17, 15) is 9.90 Å². The van der Waals surface area contributed by atoms with Crippen molar-refractivity contribution in [3.63, 3.8) is 0 Å². The molecule has 1 amide bonds. The fourth-order valence-corrected chi connectivity index (χ4v) is 1.76. The molecule has 0 aromatic carbocycles. The third kappa shape index (κ3) is 2.67. The van der Waals surface area contributed by atoms with E-state index in [1.165, 1.54) is 0 Å². The van der Waals surface area contributed by atoms with Gasteiger partial charge in [0.15, 0.2) is 0 Å². The SMILES string of the molecule is C[C@@H](O)[C@H]1CCCN(C(=O)CN)C1. The van der Waals surface area contributed by atoms with Crippen molar-refractivity contribution in [3.8, 4) is 0 Å². The summed E-state index contributed by atoms with van der Waals surface area (Å²) in [6.07, 6.45) is 1.65. The van der Waals surface area contributed by atoms with E-state index in [0.717, 1.165) is 19.4 Å². The molecule has 0 aromatic rings. The number of piperidine rings is 1. The number of rotatable bonds is 2. The molecule has 0 spiro atoms. The van der Waals surface area contributed by atoms with Crippen LogP contribution in [-0.4, -0.2) is 41.7 Å². The Hall–Kier alpha value is -0.610. The van der Waals surface area contributed by atoms with Crippen LogP contribution < -0.4 is 5.73 Å². The van der Waals surface area contributed by atoms with Gasteiger partial charge in [-0.2, -0.15) is 0 Å². The predicted molar refractivity (Wildman–Crippen MR) is 50.0 cm³/mol. The zero-order valence-corrected chi connectivity index (χ0v) is 8.07. The Morgan fingerprint density at radius 2 is 2.46 bits per heavy atom. The van der Waals surface area contributed by atoms with Gasteiger partial charge in [0.2, 0.25) is 5.91 Å². The Bertz CT molecular complexity index is 182. The average molecular weight is 186 g/mol. The van der Waals surface area contributed by atoms with Gasteiger partial charge in [-0.25, -0.2) is 0 Å². The summed E-state index contributed by atoms with van der Waals surface area (Å²) in [6, 6.07) is 0. The highest BCUT2D eigenvalue weighted by atomic mass is 16.3. The minimum Gasteiger partial charge on any atom is -0.393 e. The molecular weight excluding hydrogens is 168 g/mol. The van der Waals surface area contributed by atoms with Crippen molar-refractivity contribution >= 4 is 5.91 Å². The van der Waals surface area contributed by atoms with Gasteiger partial charge in [-0.15, -0.1) is 0 Å². The Labute approximate surface area is 78.7 Å². The molecule has 1 fully saturated rings. The fourth-order valence-electron chi connectivity index (χ4n) is 1.76. The van der Waals surface area contributed by atoms with Crippen LogP contribution in [0.2, 0.25) is 0 Å². The number of carbonyl (C=O) groups excluding carboxylic acids is 1. The summed E-state index contributed by atoms with van der Waals surface area (Å²) >= 11 is 0. The molecule has 0 aliphatic carbocycles. The molecule has 1 aliphatic rings. The maximum Gasteiger partial charge on any atom is 0.236 e. The first-order valence-electron chi connectivity index (χ1n) is 4.81. The Morgan fingerprint density at radius 3 is 3.00 bits per heavy atom. The number of nitrogens with two attached hydrogens (primary N) is 1. The van der Waals surface area contributed by atoms with E-state index in [1.807, 2.05) is 0 Å². The lowest BCUT2D eigenvalue weighted by Gasteiger charge is -2.33. The van der Waals surface area contributed by atoms with Gasteiger partial charge in [0.1, 0.15) is 0 Å². The second kappa shape index (κ2) is 4.58. The maximum atomic E-state index is 11.3. The van der Waals surface area contributed by atoms with Crippen molar-refractivity contribution in [1.29, 1.82) is 0 Å². The highest BCUT2D eigenvalue weighted by molar-refractivity contribution is 5.78. The molecule has 0 unspecified atom stereocenters. The van der Waals surface area contributed by atoms with Gasteiger partial charge in [0, 0.05) is 19.0 Å². The van der Waals surface area contributed by atoms with Gasteiger partial charge in [-0.05, 0) is 19.8 Å². The van der Waals surface area contributed by atoms with Crippen LogP contribution in [0.25, 0.3) is 0 Å². The van der Waals surface area contributed by atoms with E-state index in [-0.39, 0.29) is 24.5 Å². The lowest BCUT2D eigenvalue weighted by Crippen LogP contribution is -2.45. The molecule has 0 saturated carbocycles. The summed E-state index contributed by atoms with van der Waals surface area (Å²) in [6.45, 7) is 3.31. The van der Waals surface area contributed by atoms with Crippen molar-refractivity contribution in [2.75, 3.05) is 19.6 Å². The van der Waals surface area contributed by atoms with Crippen LogP contribution in [0.15, 0.2) is 0 Å². The van der Waals surface area contributed by atoms with E-state index in [4.69, 9.17) is 5.73 Å². The van der Waals surface area contributed by atoms with Crippen LogP contribution in [0.4, 0.5) is 0 Å². The highest BCUT2D eigenvalue weighted by Gasteiger charge is 2.25. The summed E-state index contributed by atoms with van der Waals surface area (Å²) in [7, 11) is 0. The topological polar surface area (TPSA) is 66.6 Å². The first-order valence-corrected chi connectivity index (χ1v) is 4.81. The molecule has 1 heterocycles. The average Bonchev–Trinajstić information content (AvgIpc) is 2.17. The Balaban J connectivity index is 2.46. The van der Waals surface area contributed by atoms with E-state index in [1.54, 1.807) is 11.8 Å². The minimum absolute atomic E-state index is 0.00894. The molecule has 1 rings (SSSR count). The number of hydrogen-bond donors (Lipinski definition) is 2. The van der Waals surface area contributed by atoms with Crippen molar-refractivity contribution in [1.82, 2.24) is 4.90 Å². The molecule has 4 nitrogen and oxygen atoms in total. The zero-order chi connectivity index (χ0) is 9.84. The van der Waals surface area contributed by atoms with Crippen LogP contribution in [0.1, 0.15) is 19.8 Å². The van der Waals surface area contributed by atoms with Crippen LogP contribution in [0.3, 0.4) is 0 Å². The van der Waals surface area contributed by atoms with E-state index in [2.05, 4.69) is 0 Å². The molecule has 4 heteroatoms. The smallest absolute Gasteiger partial charge is 0.236 e. The molecule has 13 heavy (non-hydrogen) atoms. The third-order valence-corrected chi connectivity index (χ3v) is 2.67. The molecule has 1 saturated heterocycles. The predicted octanol–water partition coefficient (Wildman–Crippen LogP) is -0.435. The number of likely N-dealkylation sites (tertiary alicyclic amines) is 1. The second-order valence-corrected chi connectivity index (χ2v) is 3.69. The molecule has 2 atom stereocenters. The molecule has 0 bridgehead atoms. The number of hydrogen-bond acceptors (Lipinski definition) is 3. The van der Waals surface area contributed by atoms with Crippen LogP contribution in [0, 0.1) is 5.92 Å². The standard InChI is InChI=1S/C9H18N2O2/c1-7(12)8-3-2-4-11(6-8)9(13)5-10/h7-8,12H,2-6,10H2,1H3/t7-,8+/m1/s1. The lowest BCUT2D eigenvalue weighted by molar-refractivity contribution is -0.132. The molecular formula is C9H18N2O2. The number of aliphatic hydroxyl groups is 1. The summed E-state index contributed by atoms with van der Waals surface area (Å²) < 4.78 is 0. The van der Waals surface area contributed by atoms with Gasteiger partial charge in [-0.3, -0.25) is 4.79 Å². The normalized spacial score (nSPS) is 25.8. The Morgan fingerprint density at radius 1 is 1.77 bits per heavy atom.